The quantitative estimate of drug-likeness (QED) is 0.669. The maximum atomic E-state index is 9.99. The molecule has 0 spiro atoms. The minimum atomic E-state index is -0.252. The SMILES string of the molecule is CCC(C)CC(O)C(C)(CC)CN. The van der Waals surface area contributed by atoms with Crippen LogP contribution in [0.1, 0.15) is 47.0 Å². The second-order valence-electron chi connectivity index (χ2n) is 4.48. The highest BCUT2D eigenvalue weighted by Crippen LogP contribution is 2.29. The molecule has 0 heterocycles. The van der Waals surface area contributed by atoms with Crippen LogP contribution in [0.5, 0.6) is 0 Å². The molecule has 3 N–H and O–H groups in total. The third-order valence-corrected chi connectivity index (χ3v) is 3.40. The Kier molecular flexibility index (Phi) is 5.57. The number of aliphatic hydroxyl groups excluding tert-OH is 1. The summed E-state index contributed by atoms with van der Waals surface area (Å²) in [6, 6.07) is 0. The molecule has 80 valence electrons. The maximum Gasteiger partial charge on any atom is 0.0608 e. The van der Waals surface area contributed by atoms with Crippen molar-refractivity contribution in [1.29, 1.82) is 0 Å². The molecular weight excluding hydrogens is 162 g/mol. The van der Waals surface area contributed by atoms with Crippen molar-refractivity contribution in [2.24, 2.45) is 17.1 Å². The van der Waals surface area contributed by atoms with Crippen LogP contribution in [0.4, 0.5) is 0 Å². The molecule has 2 nitrogen and oxygen atoms in total. The van der Waals surface area contributed by atoms with Crippen LogP contribution in [0.2, 0.25) is 0 Å². The Morgan fingerprint density at radius 3 is 2.23 bits per heavy atom. The van der Waals surface area contributed by atoms with Gasteiger partial charge in [-0.25, -0.2) is 0 Å². The van der Waals surface area contributed by atoms with E-state index in [0.717, 1.165) is 19.3 Å². The lowest BCUT2D eigenvalue weighted by Gasteiger charge is -2.33. The fourth-order valence-corrected chi connectivity index (χ4v) is 1.35. The van der Waals surface area contributed by atoms with Crippen molar-refractivity contribution < 1.29 is 5.11 Å². The van der Waals surface area contributed by atoms with Crippen LogP contribution >= 0.6 is 0 Å². The molecule has 13 heavy (non-hydrogen) atoms. The summed E-state index contributed by atoms with van der Waals surface area (Å²) < 4.78 is 0. The molecule has 0 fully saturated rings. The first-order chi connectivity index (χ1) is 6.00. The number of hydrogen-bond donors (Lipinski definition) is 2. The molecule has 0 aromatic heterocycles. The predicted octanol–water partition coefficient (Wildman–Crippen LogP) is 2.16. The van der Waals surface area contributed by atoms with Gasteiger partial charge in [0, 0.05) is 12.0 Å². The van der Waals surface area contributed by atoms with Crippen molar-refractivity contribution in [3.8, 4) is 0 Å². The van der Waals surface area contributed by atoms with Gasteiger partial charge in [0.05, 0.1) is 6.10 Å². The molecular formula is C11H25NO. The minimum Gasteiger partial charge on any atom is -0.393 e. The topological polar surface area (TPSA) is 46.2 Å². The standard InChI is InChI=1S/C11H25NO/c1-5-9(3)7-10(13)11(4,6-2)8-12/h9-10,13H,5-8,12H2,1-4H3. The van der Waals surface area contributed by atoms with Crippen molar-refractivity contribution in [2.45, 2.75) is 53.1 Å². The Hall–Kier alpha value is -0.0800. The molecule has 0 amide bonds. The van der Waals surface area contributed by atoms with E-state index in [9.17, 15) is 5.11 Å². The molecule has 0 aliphatic rings. The average Bonchev–Trinajstić information content (AvgIpc) is 2.16. The van der Waals surface area contributed by atoms with Crippen molar-refractivity contribution >= 4 is 0 Å². The van der Waals surface area contributed by atoms with E-state index in [2.05, 4.69) is 27.7 Å². The molecule has 3 atom stereocenters. The normalized spacial score (nSPS) is 20.8. The molecule has 0 aromatic rings. The Morgan fingerprint density at radius 2 is 1.92 bits per heavy atom. The zero-order valence-electron chi connectivity index (χ0n) is 9.51. The molecule has 0 aliphatic carbocycles. The van der Waals surface area contributed by atoms with E-state index in [1.807, 2.05) is 0 Å². The fraction of sp³-hybridized carbons (Fsp3) is 1.00. The van der Waals surface area contributed by atoms with Gasteiger partial charge in [0.2, 0.25) is 0 Å². The van der Waals surface area contributed by atoms with Gasteiger partial charge in [0.1, 0.15) is 0 Å². The second kappa shape index (κ2) is 5.61. The Morgan fingerprint density at radius 1 is 1.38 bits per heavy atom. The zero-order valence-corrected chi connectivity index (χ0v) is 9.51. The molecule has 0 aromatic carbocycles. The Bertz CT molecular complexity index is 132. The lowest BCUT2D eigenvalue weighted by Crippen LogP contribution is -2.39. The van der Waals surface area contributed by atoms with E-state index in [1.165, 1.54) is 0 Å². The maximum absolute atomic E-state index is 9.99. The highest BCUT2D eigenvalue weighted by molar-refractivity contribution is 4.82. The summed E-state index contributed by atoms with van der Waals surface area (Å²) in [6.07, 6.45) is 2.69. The number of hydrogen-bond acceptors (Lipinski definition) is 2. The number of nitrogens with two attached hydrogens (primary N) is 1. The first kappa shape index (κ1) is 12.9. The second-order valence-corrected chi connectivity index (χ2v) is 4.48. The van der Waals surface area contributed by atoms with Gasteiger partial charge in [-0.1, -0.05) is 34.1 Å². The van der Waals surface area contributed by atoms with Gasteiger partial charge in [0.15, 0.2) is 0 Å². The summed E-state index contributed by atoms with van der Waals surface area (Å²) in [5, 5.41) is 9.99. The smallest absolute Gasteiger partial charge is 0.0608 e. The van der Waals surface area contributed by atoms with Crippen molar-refractivity contribution in [3.05, 3.63) is 0 Å². The van der Waals surface area contributed by atoms with Gasteiger partial charge < -0.3 is 10.8 Å². The monoisotopic (exact) mass is 187 g/mol. The van der Waals surface area contributed by atoms with Crippen LogP contribution < -0.4 is 5.73 Å². The summed E-state index contributed by atoms with van der Waals surface area (Å²) >= 11 is 0. The summed E-state index contributed by atoms with van der Waals surface area (Å²) in [6.45, 7) is 9.06. The third-order valence-electron chi connectivity index (χ3n) is 3.40. The third kappa shape index (κ3) is 3.65. The first-order valence-electron chi connectivity index (χ1n) is 5.38. The fourth-order valence-electron chi connectivity index (χ4n) is 1.35. The highest BCUT2D eigenvalue weighted by atomic mass is 16.3. The highest BCUT2D eigenvalue weighted by Gasteiger charge is 2.30. The van der Waals surface area contributed by atoms with Gasteiger partial charge in [-0.05, 0) is 18.8 Å². The average molecular weight is 187 g/mol. The van der Waals surface area contributed by atoms with Gasteiger partial charge in [-0.15, -0.1) is 0 Å². The molecule has 0 rings (SSSR count). The van der Waals surface area contributed by atoms with Crippen LogP contribution in [-0.4, -0.2) is 17.8 Å². The number of aliphatic hydroxyl groups is 1. The van der Waals surface area contributed by atoms with Gasteiger partial charge in [-0.2, -0.15) is 0 Å². The van der Waals surface area contributed by atoms with Crippen LogP contribution in [0.15, 0.2) is 0 Å². The van der Waals surface area contributed by atoms with E-state index in [-0.39, 0.29) is 11.5 Å². The van der Waals surface area contributed by atoms with Crippen molar-refractivity contribution in [2.75, 3.05) is 6.54 Å². The molecule has 0 aliphatic heterocycles. The van der Waals surface area contributed by atoms with E-state index in [1.54, 1.807) is 0 Å². The van der Waals surface area contributed by atoms with Gasteiger partial charge in [0.25, 0.3) is 0 Å². The Labute approximate surface area is 82.5 Å². The van der Waals surface area contributed by atoms with E-state index < -0.39 is 0 Å². The Balaban J connectivity index is 4.13. The summed E-state index contributed by atoms with van der Waals surface area (Å²) in [4.78, 5) is 0. The first-order valence-corrected chi connectivity index (χ1v) is 5.38. The molecule has 0 saturated carbocycles. The summed E-state index contributed by atoms with van der Waals surface area (Å²) in [7, 11) is 0. The van der Waals surface area contributed by atoms with Gasteiger partial charge in [-0.3, -0.25) is 0 Å². The predicted molar refractivity (Wildman–Crippen MR) is 57.5 cm³/mol. The lowest BCUT2D eigenvalue weighted by molar-refractivity contribution is 0.0221. The van der Waals surface area contributed by atoms with E-state index in [0.29, 0.717) is 12.5 Å². The lowest BCUT2D eigenvalue weighted by atomic mass is 9.78. The summed E-state index contributed by atoms with van der Waals surface area (Å²) in [5.74, 6) is 0.590. The molecule has 0 saturated heterocycles. The zero-order chi connectivity index (χ0) is 10.5. The van der Waals surface area contributed by atoms with Crippen molar-refractivity contribution in [1.82, 2.24) is 0 Å². The van der Waals surface area contributed by atoms with E-state index >= 15 is 0 Å². The number of rotatable bonds is 6. The van der Waals surface area contributed by atoms with Crippen LogP contribution in [-0.2, 0) is 0 Å². The van der Waals surface area contributed by atoms with Crippen LogP contribution in [0, 0.1) is 11.3 Å². The van der Waals surface area contributed by atoms with Gasteiger partial charge >= 0.3 is 0 Å². The minimum absolute atomic E-state index is 0.0938. The van der Waals surface area contributed by atoms with Crippen LogP contribution in [0.3, 0.4) is 0 Å². The molecule has 3 unspecified atom stereocenters. The summed E-state index contributed by atoms with van der Waals surface area (Å²) in [5.41, 5.74) is 5.58. The molecule has 2 heteroatoms. The largest absolute Gasteiger partial charge is 0.393 e. The van der Waals surface area contributed by atoms with Crippen LogP contribution in [0.25, 0.3) is 0 Å². The van der Waals surface area contributed by atoms with E-state index in [4.69, 9.17) is 5.73 Å². The molecule has 0 radical (unpaired) electrons. The van der Waals surface area contributed by atoms with Crippen molar-refractivity contribution in [3.63, 3.8) is 0 Å². The molecule has 0 bridgehead atoms.